The maximum Gasteiger partial charge on any atom is 0.136 e. The van der Waals surface area contributed by atoms with Crippen LogP contribution in [0.3, 0.4) is 0 Å². The van der Waals surface area contributed by atoms with Crippen molar-refractivity contribution in [3.05, 3.63) is 69.9 Å². The smallest absolute Gasteiger partial charge is 0.136 e. The maximum absolute atomic E-state index is 14.1. The number of aryl methyl sites for hydroxylation is 1. The van der Waals surface area contributed by atoms with E-state index in [0.717, 1.165) is 5.69 Å². The lowest BCUT2D eigenvalue weighted by Gasteiger charge is -2.48. The quantitative estimate of drug-likeness (QED) is 0.443. The molecule has 0 radical (unpaired) electrons. The van der Waals surface area contributed by atoms with E-state index < -0.39 is 8.24 Å². The number of hydroxylamine groups is 2. The van der Waals surface area contributed by atoms with Crippen LogP contribution >= 0.6 is 0 Å². The topological polar surface area (TPSA) is 35.1 Å². The molecule has 4 heteroatoms. The number of hydrogen-bond donors (Lipinski definition) is 1. The first-order chi connectivity index (χ1) is 12.4. The van der Waals surface area contributed by atoms with Gasteiger partial charge in [-0.15, -0.1) is 0 Å². The summed E-state index contributed by atoms with van der Waals surface area (Å²) in [5.41, 5.74) is 6.52. The van der Waals surface area contributed by atoms with Crippen LogP contribution in [0.5, 0.6) is 0 Å². The van der Waals surface area contributed by atoms with Crippen LogP contribution in [0, 0.1) is 12.1 Å². The average Bonchev–Trinajstić information content (AvgIpc) is 2.98. The molecule has 2 aromatic carbocycles. The first-order valence-corrected chi connectivity index (χ1v) is 13.1. The lowest BCUT2D eigenvalue weighted by Crippen LogP contribution is -2.63. The van der Waals surface area contributed by atoms with Crippen LogP contribution in [-0.2, 0) is 0 Å². The van der Waals surface area contributed by atoms with Gasteiger partial charge in [0.25, 0.3) is 0 Å². The Bertz CT molecular complexity index is 897. The summed E-state index contributed by atoms with van der Waals surface area (Å²) >= 11 is 0. The van der Waals surface area contributed by atoms with Crippen LogP contribution < -0.4 is 9.63 Å². The number of fused-ring (bicyclic) bond motifs is 5. The highest BCUT2D eigenvalue weighted by Crippen LogP contribution is 2.59. The molecule has 1 heterocycles. The molecule has 0 amide bonds. The van der Waals surface area contributed by atoms with Crippen LogP contribution in [0.1, 0.15) is 54.5 Å². The highest BCUT2D eigenvalue weighted by molar-refractivity contribution is 6.77. The monoisotopic (exact) mass is 380 g/mol. The Morgan fingerprint density at radius 3 is 2.26 bits per heavy atom. The molecule has 27 heavy (non-hydrogen) atoms. The van der Waals surface area contributed by atoms with Gasteiger partial charge in [-0.25, -0.2) is 0 Å². The third-order valence-electron chi connectivity index (χ3n) is 6.39. The van der Waals surface area contributed by atoms with Crippen molar-refractivity contribution in [1.29, 1.82) is 0 Å². The third-order valence-corrected chi connectivity index (χ3v) is 9.99. The Morgan fingerprint density at radius 1 is 1.00 bits per heavy atom. The molecule has 0 aromatic heterocycles. The molecule has 3 nitrogen and oxygen atoms in total. The molecule has 4 rings (SSSR count). The largest absolute Gasteiger partial charge is 0.627 e. The van der Waals surface area contributed by atoms with Gasteiger partial charge in [0.05, 0.1) is 13.0 Å². The fourth-order valence-corrected chi connectivity index (χ4v) is 10.4. The van der Waals surface area contributed by atoms with Gasteiger partial charge < -0.3 is 14.8 Å². The molecule has 0 spiro atoms. The summed E-state index contributed by atoms with van der Waals surface area (Å²) in [4.78, 5) is 3.96. The SMILES string of the molecule is Cc1ccc2c(c1)C1c3ccccc3C([Si](C)(C)NC(C)(C)C)C1[N+]2(C)[O-]. The highest BCUT2D eigenvalue weighted by atomic mass is 28.3. The van der Waals surface area contributed by atoms with Crippen molar-refractivity contribution in [2.24, 2.45) is 0 Å². The van der Waals surface area contributed by atoms with Crippen molar-refractivity contribution in [2.75, 3.05) is 7.05 Å². The van der Waals surface area contributed by atoms with Gasteiger partial charge in [-0.1, -0.05) is 49.0 Å². The van der Waals surface area contributed by atoms with Crippen LogP contribution in [0.2, 0.25) is 13.1 Å². The normalized spacial score (nSPS) is 29.4. The number of likely N-dealkylation sites (N-methyl/N-ethyl adjacent to an activating group) is 1. The second-order valence-corrected chi connectivity index (χ2v) is 14.5. The third kappa shape index (κ3) is 2.82. The summed E-state index contributed by atoms with van der Waals surface area (Å²) in [5, 5.41) is 14.1. The zero-order valence-corrected chi connectivity index (χ0v) is 18.6. The second kappa shape index (κ2) is 5.77. The Hall–Kier alpha value is -1.46. The molecule has 1 aliphatic heterocycles. The van der Waals surface area contributed by atoms with Gasteiger partial charge in [0.2, 0.25) is 0 Å². The summed E-state index contributed by atoms with van der Waals surface area (Å²) in [5.74, 6) is 0.206. The highest BCUT2D eigenvalue weighted by Gasteiger charge is 2.60. The minimum Gasteiger partial charge on any atom is -0.627 e. The molecule has 4 unspecified atom stereocenters. The van der Waals surface area contributed by atoms with Crippen LogP contribution in [0.4, 0.5) is 5.69 Å². The Balaban J connectivity index is 1.93. The summed E-state index contributed by atoms with van der Waals surface area (Å²) in [6.07, 6.45) is 0. The lowest BCUT2D eigenvalue weighted by molar-refractivity contribution is 0.331. The van der Waals surface area contributed by atoms with Gasteiger partial charge in [-0.2, -0.15) is 0 Å². The van der Waals surface area contributed by atoms with E-state index in [0.29, 0.717) is 0 Å². The van der Waals surface area contributed by atoms with Gasteiger partial charge in [0.1, 0.15) is 20.0 Å². The van der Waals surface area contributed by atoms with Crippen molar-refractivity contribution in [3.63, 3.8) is 0 Å². The number of rotatable bonds is 2. The zero-order valence-electron chi connectivity index (χ0n) is 17.6. The molecule has 2 aromatic rings. The fourth-order valence-electron chi connectivity index (χ4n) is 5.91. The van der Waals surface area contributed by atoms with Crippen molar-refractivity contribution in [3.8, 4) is 0 Å². The van der Waals surface area contributed by atoms with E-state index >= 15 is 0 Å². The number of nitrogens with one attached hydrogen (secondary N) is 1. The standard InChI is InChI=1S/C23H32N2OSi/c1-15-12-13-19-18(14-15)20-16-10-8-9-11-17(16)22(21(20)25(19,5)26)27(6,7)24-23(2,3)4/h8-14,20-22,24H,1-7H3. The molecule has 144 valence electrons. The van der Waals surface area contributed by atoms with Gasteiger partial charge >= 0.3 is 0 Å². The fraction of sp³-hybridized carbons (Fsp3) is 0.478. The number of hydrogen-bond acceptors (Lipinski definition) is 2. The van der Waals surface area contributed by atoms with E-state index in [4.69, 9.17) is 0 Å². The Kier molecular flexibility index (Phi) is 4.03. The average molecular weight is 381 g/mol. The number of benzene rings is 2. The summed E-state index contributed by atoms with van der Waals surface area (Å²) in [6, 6.07) is 15.2. The van der Waals surface area contributed by atoms with E-state index in [9.17, 15) is 5.21 Å². The number of quaternary nitrogens is 1. The molecule has 1 N–H and O–H groups in total. The minimum absolute atomic E-state index is 0.0238. The zero-order chi connectivity index (χ0) is 19.8. The summed E-state index contributed by atoms with van der Waals surface area (Å²) in [6.45, 7) is 13.6. The van der Waals surface area contributed by atoms with Crippen molar-refractivity contribution >= 4 is 13.9 Å². The Labute approximate surface area is 164 Å². The minimum atomic E-state index is -1.95. The number of nitrogens with zero attached hydrogens (tertiary/aromatic N) is 1. The molecule has 0 saturated heterocycles. The predicted molar refractivity (Wildman–Crippen MR) is 117 cm³/mol. The molecular formula is C23H32N2OSi. The molecule has 0 fully saturated rings. The molecule has 4 atom stereocenters. The molecular weight excluding hydrogens is 348 g/mol. The van der Waals surface area contributed by atoms with Gasteiger partial charge in [-0.05, 0) is 51.0 Å². The van der Waals surface area contributed by atoms with Crippen molar-refractivity contribution in [2.45, 2.75) is 63.8 Å². The summed E-state index contributed by atoms with van der Waals surface area (Å²) in [7, 11) is -0.0757. The first-order valence-electron chi connectivity index (χ1n) is 10.00. The Morgan fingerprint density at radius 2 is 1.63 bits per heavy atom. The predicted octanol–water partition coefficient (Wildman–Crippen LogP) is 5.17. The van der Waals surface area contributed by atoms with Gasteiger partial charge in [0, 0.05) is 16.6 Å². The van der Waals surface area contributed by atoms with Crippen molar-refractivity contribution in [1.82, 2.24) is 9.63 Å². The van der Waals surface area contributed by atoms with Crippen molar-refractivity contribution < 1.29 is 0 Å². The second-order valence-electron chi connectivity index (χ2n) is 10.2. The lowest BCUT2D eigenvalue weighted by atomic mass is 9.92. The van der Waals surface area contributed by atoms with E-state index in [2.05, 4.69) is 88.2 Å². The van der Waals surface area contributed by atoms with Crippen LogP contribution in [0.25, 0.3) is 0 Å². The van der Waals surface area contributed by atoms with Crippen LogP contribution in [0.15, 0.2) is 42.5 Å². The first kappa shape index (κ1) is 18.9. The van der Waals surface area contributed by atoms with Gasteiger partial charge in [-0.3, -0.25) is 0 Å². The molecule has 2 aliphatic rings. The van der Waals surface area contributed by atoms with E-state index in [1.54, 1.807) is 0 Å². The summed E-state index contributed by atoms with van der Waals surface area (Å²) < 4.78 is -0.262. The van der Waals surface area contributed by atoms with Gasteiger partial charge in [0.15, 0.2) is 0 Å². The molecule has 0 saturated carbocycles. The van der Waals surface area contributed by atoms with E-state index in [-0.39, 0.29) is 27.7 Å². The molecule has 0 bridgehead atoms. The van der Waals surface area contributed by atoms with E-state index in [1.807, 2.05) is 7.05 Å². The molecule has 1 aliphatic carbocycles. The van der Waals surface area contributed by atoms with Crippen LogP contribution in [-0.4, -0.2) is 26.9 Å². The maximum atomic E-state index is 14.1. The van der Waals surface area contributed by atoms with E-state index in [1.165, 1.54) is 22.3 Å².